The summed E-state index contributed by atoms with van der Waals surface area (Å²) in [5.41, 5.74) is 3.09. The lowest BCUT2D eigenvalue weighted by atomic mass is 9.94. The van der Waals surface area contributed by atoms with Crippen LogP contribution in [0.15, 0.2) is 60.8 Å². The maximum Gasteiger partial charge on any atom is 0.249 e. The maximum atomic E-state index is 13.7. The number of carbonyl (C=O) groups is 2. The van der Waals surface area contributed by atoms with Crippen molar-refractivity contribution in [3.8, 4) is 11.3 Å². The van der Waals surface area contributed by atoms with Crippen LogP contribution < -0.4 is 10.2 Å². The van der Waals surface area contributed by atoms with E-state index >= 15 is 0 Å². The van der Waals surface area contributed by atoms with Gasteiger partial charge in [0, 0.05) is 11.6 Å². The highest BCUT2D eigenvalue weighted by Gasteiger charge is 2.37. The minimum atomic E-state index is -0.755. The molecule has 1 saturated carbocycles. The van der Waals surface area contributed by atoms with Crippen molar-refractivity contribution in [2.45, 2.75) is 50.7 Å². The zero-order chi connectivity index (χ0) is 21.2. The molecule has 2 heterocycles. The predicted molar refractivity (Wildman–Crippen MR) is 117 cm³/mol. The number of amides is 2. The van der Waals surface area contributed by atoms with Gasteiger partial charge in [-0.15, -0.1) is 5.10 Å². The average Bonchev–Trinajstić information content (AvgIpc) is 3.22. The Bertz CT molecular complexity index is 1090. The van der Waals surface area contributed by atoms with Gasteiger partial charge >= 0.3 is 0 Å². The summed E-state index contributed by atoms with van der Waals surface area (Å²) >= 11 is 0. The summed E-state index contributed by atoms with van der Waals surface area (Å²) < 4.78 is 1.60. The zero-order valence-electron chi connectivity index (χ0n) is 17.3. The third-order valence-corrected chi connectivity index (χ3v) is 6.18. The quantitative estimate of drug-likeness (QED) is 0.707. The summed E-state index contributed by atoms with van der Waals surface area (Å²) in [5, 5.41) is 11.3. The largest absolute Gasteiger partial charge is 0.351 e. The molecule has 1 aliphatic carbocycles. The lowest BCUT2D eigenvalue weighted by Crippen LogP contribution is -2.47. The molecule has 0 bridgehead atoms. The summed E-state index contributed by atoms with van der Waals surface area (Å²) in [6.07, 6.45) is 7.10. The molecule has 2 aliphatic rings. The predicted octanol–water partition coefficient (Wildman–Crippen LogP) is 3.48. The van der Waals surface area contributed by atoms with E-state index in [2.05, 4.69) is 15.6 Å². The molecular weight excluding hydrogens is 390 g/mol. The van der Waals surface area contributed by atoms with Gasteiger partial charge in [-0.05, 0) is 24.5 Å². The van der Waals surface area contributed by atoms with Crippen molar-refractivity contribution in [1.29, 1.82) is 0 Å². The molecule has 0 saturated heterocycles. The lowest BCUT2D eigenvalue weighted by Gasteiger charge is -2.33. The van der Waals surface area contributed by atoms with Crippen LogP contribution in [0, 0.1) is 0 Å². The summed E-state index contributed by atoms with van der Waals surface area (Å²) in [7, 11) is 0. The molecule has 1 unspecified atom stereocenters. The second-order valence-electron chi connectivity index (χ2n) is 8.21. The minimum Gasteiger partial charge on any atom is -0.351 e. The first-order valence-electron chi connectivity index (χ1n) is 10.9. The number of nitrogens with one attached hydrogen (secondary N) is 1. The van der Waals surface area contributed by atoms with Crippen molar-refractivity contribution < 1.29 is 9.59 Å². The Balaban J connectivity index is 1.59. The van der Waals surface area contributed by atoms with Crippen molar-refractivity contribution >= 4 is 17.5 Å². The van der Waals surface area contributed by atoms with Gasteiger partial charge in [0.05, 0.1) is 17.6 Å². The number of hydrogen-bond donors (Lipinski definition) is 1. The van der Waals surface area contributed by atoms with Gasteiger partial charge in [0.2, 0.25) is 11.8 Å². The first-order valence-corrected chi connectivity index (χ1v) is 10.9. The molecule has 2 amide bonds. The fourth-order valence-electron chi connectivity index (χ4n) is 4.69. The van der Waals surface area contributed by atoms with Crippen molar-refractivity contribution in [1.82, 2.24) is 20.3 Å². The van der Waals surface area contributed by atoms with Crippen LogP contribution in [-0.4, -0.2) is 32.9 Å². The van der Waals surface area contributed by atoms with E-state index in [4.69, 9.17) is 0 Å². The van der Waals surface area contributed by atoms with Gasteiger partial charge in [-0.2, -0.15) is 0 Å². The van der Waals surface area contributed by atoms with E-state index < -0.39 is 6.04 Å². The Morgan fingerprint density at radius 2 is 1.74 bits per heavy atom. The molecule has 31 heavy (non-hydrogen) atoms. The Morgan fingerprint density at radius 3 is 2.55 bits per heavy atom. The molecular formula is C24H25N5O2. The van der Waals surface area contributed by atoms with Crippen molar-refractivity contribution in [2.24, 2.45) is 0 Å². The first kappa shape index (κ1) is 19.5. The van der Waals surface area contributed by atoms with Crippen molar-refractivity contribution in [2.75, 3.05) is 4.90 Å². The molecule has 1 N–H and O–H groups in total. The summed E-state index contributed by atoms with van der Waals surface area (Å²) in [6, 6.07) is 16.6. The van der Waals surface area contributed by atoms with Crippen LogP contribution in [0.5, 0.6) is 0 Å². The molecule has 7 heteroatoms. The number of para-hydroxylation sites is 1. The lowest BCUT2D eigenvalue weighted by molar-refractivity contribution is -0.127. The van der Waals surface area contributed by atoms with Gasteiger partial charge in [0.1, 0.15) is 12.6 Å². The first-order chi connectivity index (χ1) is 15.2. The number of rotatable bonds is 4. The average molecular weight is 415 g/mol. The Hall–Kier alpha value is -3.48. The second kappa shape index (κ2) is 8.34. The maximum absolute atomic E-state index is 13.7. The SMILES string of the molecule is O=C(NC1CCCCC1)C(c1ccccc1)N1C(=O)Cn2nncc2-c2ccccc21. The van der Waals surface area contributed by atoms with Gasteiger partial charge in [-0.3, -0.25) is 14.5 Å². The standard InChI is InChI=1S/C24H25N5O2/c30-22-16-28-21(15-25-27-28)19-13-7-8-14-20(19)29(22)23(17-9-3-1-4-10-17)24(31)26-18-11-5-2-6-12-18/h1,3-4,7-10,13-15,18,23H,2,5-6,11-12,16H2,(H,26,31). The minimum absolute atomic E-state index is 0.0318. The van der Waals surface area contributed by atoms with E-state index in [1.165, 1.54) is 6.42 Å². The van der Waals surface area contributed by atoms with E-state index in [1.54, 1.807) is 15.8 Å². The van der Waals surface area contributed by atoms with Crippen LogP contribution in [0.2, 0.25) is 0 Å². The molecule has 7 nitrogen and oxygen atoms in total. The highest BCUT2D eigenvalue weighted by molar-refractivity contribution is 6.05. The van der Waals surface area contributed by atoms with Crippen molar-refractivity contribution in [3.63, 3.8) is 0 Å². The monoisotopic (exact) mass is 415 g/mol. The Morgan fingerprint density at radius 1 is 1.00 bits per heavy atom. The highest BCUT2D eigenvalue weighted by Crippen LogP contribution is 2.38. The molecule has 3 aromatic rings. The summed E-state index contributed by atoms with van der Waals surface area (Å²) in [5.74, 6) is -0.330. The van der Waals surface area contributed by atoms with Crippen LogP contribution in [0.25, 0.3) is 11.3 Å². The van der Waals surface area contributed by atoms with Crippen LogP contribution in [0.4, 0.5) is 5.69 Å². The molecule has 0 radical (unpaired) electrons. The smallest absolute Gasteiger partial charge is 0.249 e. The fraction of sp³-hybridized carbons (Fsp3) is 0.333. The third kappa shape index (κ3) is 3.71. The molecule has 1 fully saturated rings. The number of hydrogen-bond acceptors (Lipinski definition) is 4. The van der Waals surface area contributed by atoms with Crippen LogP contribution in [-0.2, 0) is 16.1 Å². The third-order valence-electron chi connectivity index (χ3n) is 6.18. The Kier molecular flexibility index (Phi) is 5.24. The van der Waals surface area contributed by atoms with Gasteiger partial charge in [0.25, 0.3) is 0 Å². The van der Waals surface area contributed by atoms with Crippen LogP contribution >= 0.6 is 0 Å². The second-order valence-corrected chi connectivity index (χ2v) is 8.21. The summed E-state index contributed by atoms with van der Waals surface area (Å²) in [6.45, 7) is 0.0318. The molecule has 1 aliphatic heterocycles. The van der Waals surface area contributed by atoms with Gasteiger partial charge in [-0.25, -0.2) is 4.68 Å². The molecule has 1 aromatic heterocycles. The topological polar surface area (TPSA) is 80.1 Å². The van der Waals surface area contributed by atoms with E-state index in [9.17, 15) is 9.59 Å². The highest BCUT2D eigenvalue weighted by atomic mass is 16.2. The zero-order valence-corrected chi connectivity index (χ0v) is 17.3. The number of aromatic nitrogens is 3. The normalized spacial score (nSPS) is 17.4. The van der Waals surface area contributed by atoms with E-state index in [0.29, 0.717) is 5.69 Å². The molecule has 5 rings (SSSR count). The molecule has 1 atom stereocenters. The molecule has 158 valence electrons. The van der Waals surface area contributed by atoms with Crippen LogP contribution in [0.1, 0.15) is 43.7 Å². The van der Waals surface area contributed by atoms with Gasteiger partial charge in [-0.1, -0.05) is 73.0 Å². The number of benzene rings is 2. The number of anilines is 1. The van der Waals surface area contributed by atoms with Crippen molar-refractivity contribution in [3.05, 3.63) is 66.4 Å². The Labute approximate surface area is 181 Å². The van der Waals surface area contributed by atoms with E-state index in [-0.39, 0.29) is 24.4 Å². The van der Waals surface area contributed by atoms with Gasteiger partial charge < -0.3 is 5.32 Å². The fourth-order valence-corrected chi connectivity index (χ4v) is 4.69. The number of nitrogens with zero attached hydrogens (tertiary/aromatic N) is 4. The van der Waals surface area contributed by atoms with Crippen LogP contribution in [0.3, 0.4) is 0 Å². The van der Waals surface area contributed by atoms with E-state index in [0.717, 1.165) is 42.5 Å². The molecule has 0 spiro atoms. The van der Waals surface area contributed by atoms with Gasteiger partial charge in [0.15, 0.2) is 0 Å². The number of carbonyl (C=O) groups excluding carboxylic acids is 2. The van der Waals surface area contributed by atoms with E-state index in [1.807, 2.05) is 54.6 Å². The molecule has 2 aromatic carbocycles. The summed E-state index contributed by atoms with van der Waals surface area (Å²) in [4.78, 5) is 28.8. The number of fused-ring (bicyclic) bond motifs is 3.